The van der Waals surface area contributed by atoms with Gasteiger partial charge in [-0.3, -0.25) is 14.5 Å². The molecule has 1 aliphatic rings. The van der Waals surface area contributed by atoms with Crippen molar-refractivity contribution in [3.05, 3.63) is 57.9 Å². The van der Waals surface area contributed by atoms with Gasteiger partial charge in [0.2, 0.25) is 5.78 Å². The molecule has 2 atom stereocenters. The normalized spacial score (nSPS) is 19.1. The van der Waals surface area contributed by atoms with Crippen LogP contribution in [0.4, 0.5) is 4.79 Å². The molecule has 2 heterocycles. The minimum atomic E-state index is -1.28. The van der Waals surface area contributed by atoms with Crippen molar-refractivity contribution in [2.45, 2.75) is 66.0 Å². The summed E-state index contributed by atoms with van der Waals surface area (Å²) < 4.78 is 5.08. The number of benzene rings is 1. The zero-order valence-corrected chi connectivity index (χ0v) is 20.2. The first kappa shape index (κ1) is 24.2. The van der Waals surface area contributed by atoms with Crippen LogP contribution < -0.4 is 5.32 Å². The Bertz CT molecular complexity index is 1120. The minimum Gasteiger partial charge on any atom is -0.462 e. The lowest BCUT2D eigenvalue weighted by Crippen LogP contribution is -2.45. The number of aromatic amines is 1. The number of imide groups is 1. The Morgan fingerprint density at radius 3 is 2.24 bits per heavy atom. The number of esters is 1. The fourth-order valence-electron chi connectivity index (χ4n) is 4.24. The topological polar surface area (TPSA) is 109 Å². The van der Waals surface area contributed by atoms with E-state index in [-0.39, 0.29) is 12.3 Å². The number of rotatable bonds is 7. The van der Waals surface area contributed by atoms with Gasteiger partial charge in [0.05, 0.1) is 17.9 Å². The largest absolute Gasteiger partial charge is 0.462 e. The van der Waals surface area contributed by atoms with E-state index in [1.807, 2.05) is 24.3 Å². The van der Waals surface area contributed by atoms with Crippen LogP contribution in [-0.4, -0.2) is 46.2 Å². The fraction of sp³-hybridized carbons (Fsp3) is 0.440. The van der Waals surface area contributed by atoms with E-state index >= 15 is 0 Å². The van der Waals surface area contributed by atoms with Gasteiger partial charge in [-0.1, -0.05) is 38.1 Å². The maximum Gasteiger partial charge on any atom is 0.340 e. The van der Waals surface area contributed by atoms with Crippen LogP contribution in [-0.2, 0) is 15.1 Å². The molecule has 0 unspecified atom stereocenters. The predicted molar refractivity (Wildman–Crippen MR) is 123 cm³/mol. The molecule has 8 nitrogen and oxygen atoms in total. The van der Waals surface area contributed by atoms with Gasteiger partial charge in [-0.15, -0.1) is 0 Å². The summed E-state index contributed by atoms with van der Waals surface area (Å²) in [7, 11) is 0. The smallest absolute Gasteiger partial charge is 0.340 e. The monoisotopic (exact) mass is 453 g/mol. The third-order valence-corrected chi connectivity index (χ3v) is 6.31. The number of H-pyrrole nitrogens is 1. The molecule has 2 N–H and O–H groups in total. The SMILES string of the molecule is CCOC(=O)c1c(C)[nH]c(C(=O)[C@@H](C)N2C(=O)N[C@](C)(c3ccc(C(C)C)cc3)C2=O)c1C. The Labute approximate surface area is 193 Å². The summed E-state index contributed by atoms with van der Waals surface area (Å²) in [6.45, 7) is 12.5. The summed E-state index contributed by atoms with van der Waals surface area (Å²) >= 11 is 0. The van der Waals surface area contributed by atoms with Gasteiger partial charge in [0.1, 0.15) is 11.6 Å². The van der Waals surface area contributed by atoms with Crippen LogP contribution in [0.15, 0.2) is 24.3 Å². The van der Waals surface area contributed by atoms with Crippen LogP contribution in [0.2, 0.25) is 0 Å². The van der Waals surface area contributed by atoms with E-state index in [0.29, 0.717) is 28.3 Å². The van der Waals surface area contributed by atoms with Gasteiger partial charge in [0.25, 0.3) is 5.91 Å². The second-order valence-electron chi connectivity index (χ2n) is 8.89. The second-order valence-corrected chi connectivity index (χ2v) is 8.89. The molecule has 1 aliphatic heterocycles. The van der Waals surface area contributed by atoms with Crippen LogP contribution in [0.25, 0.3) is 0 Å². The number of nitrogens with zero attached hydrogens (tertiary/aromatic N) is 1. The van der Waals surface area contributed by atoms with Crippen molar-refractivity contribution >= 4 is 23.7 Å². The standard InChI is InChI=1S/C25H31N3O5/c1-8-33-22(30)19-14(4)20(26-15(19)5)21(29)16(6)28-23(31)25(7,27-24(28)32)18-11-9-17(10-12-18)13(2)3/h9-13,16,26H,8H2,1-7H3,(H,27,32)/t16-,25-/m1/s1. The zero-order valence-electron chi connectivity index (χ0n) is 20.2. The number of carbonyl (C=O) groups excluding carboxylic acids is 4. The number of aromatic nitrogens is 1. The highest BCUT2D eigenvalue weighted by molar-refractivity contribution is 6.13. The van der Waals surface area contributed by atoms with Gasteiger partial charge in [0.15, 0.2) is 0 Å². The first-order valence-electron chi connectivity index (χ1n) is 11.1. The molecule has 33 heavy (non-hydrogen) atoms. The number of ether oxygens (including phenoxy) is 1. The summed E-state index contributed by atoms with van der Waals surface area (Å²) in [6.07, 6.45) is 0. The molecule has 0 radical (unpaired) electrons. The minimum absolute atomic E-state index is 0.179. The fourth-order valence-corrected chi connectivity index (χ4v) is 4.24. The van der Waals surface area contributed by atoms with Crippen molar-refractivity contribution in [3.8, 4) is 0 Å². The lowest BCUT2D eigenvalue weighted by Gasteiger charge is -2.24. The first-order valence-corrected chi connectivity index (χ1v) is 11.1. The van der Waals surface area contributed by atoms with E-state index < -0.39 is 35.3 Å². The van der Waals surface area contributed by atoms with Crippen LogP contribution in [0.3, 0.4) is 0 Å². The highest BCUT2D eigenvalue weighted by Crippen LogP contribution is 2.32. The maximum absolute atomic E-state index is 13.4. The number of ketones is 1. The van der Waals surface area contributed by atoms with Crippen molar-refractivity contribution in [3.63, 3.8) is 0 Å². The number of carbonyl (C=O) groups is 4. The van der Waals surface area contributed by atoms with Gasteiger partial charge in [-0.2, -0.15) is 0 Å². The average molecular weight is 454 g/mol. The highest BCUT2D eigenvalue weighted by Gasteiger charge is 2.52. The molecule has 1 aromatic carbocycles. The van der Waals surface area contributed by atoms with E-state index in [1.165, 1.54) is 6.92 Å². The number of amides is 3. The van der Waals surface area contributed by atoms with Gasteiger partial charge in [-0.05, 0) is 57.2 Å². The number of Topliss-reactive ketones (excluding diaryl/α,β-unsaturated/α-hetero) is 1. The molecular weight excluding hydrogens is 422 g/mol. The Morgan fingerprint density at radius 1 is 1.09 bits per heavy atom. The molecule has 1 fully saturated rings. The molecule has 0 saturated carbocycles. The molecule has 3 amide bonds. The summed E-state index contributed by atoms with van der Waals surface area (Å²) in [5.74, 6) is -1.16. The van der Waals surface area contributed by atoms with Gasteiger partial charge >= 0.3 is 12.0 Å². The third-order valence-electron chi connectivity index (χ3n) is 6.31. The molecule has 1 saturated heterocycles. The van der Waals surface area contributed by atoms with Gasteiger partial charge < -0.3 is 15.0 Å². The van der Waals surface area contributed by atoms with Crippen LogP contribution in [0.5, 0.6) is 0 Å². The van der Waals surface area contributed by atoms with E-state index in [9.17, 15) is 19.2 Å². The van der Waals surface area contributed by atoms with Gasteiger partial charge in [-0.25, -0.2) is 9.59 Å². The van der Waals surface area contributed by atoms with Crippen molar-refractivity contribution < 1.29 is 23.9 Å². The van der Waals surface area contributed by atoms with Crippen molar-refractivity contribution in [1.29, 1.82) is 0 Å². The number of urea groups is 1. The summed E-state index contributed by atoms with van der Waals surface area (Å²) in [6, 6.07) is 5.82. The summed E-state index contributed by atoms with van der Waals surface area (Å²) in [5, 5.41) is 2.75. The van der Waals surface area contributed by atoms with E-state index in [1.54, 1.807) is 27.7 Å². The Hall–Kier alpha value is -3.42. The van der Waals surface area contributed by atoms with Crippen molar-refractivity contribution in [1.82, 2.24) is 15.2 Å². The summed E-state index contributed by atoms with van der Waals surface area (Å²) in [5.41, 5.74) is 1.88. The van der Waals surface area contributed by atoms with E-state index in [2.05, 4.69) is 24.1 Å². The number of aryl methyl sites for hydroxylation is 1. The number of hydrogen-bond donors (Lipinski definition) is 2. The summed E-state index contributed by atoms with van der Waals surface area (Å²) in [4.78, 5) is 55.7. The molecule has 8 heteroatoms. The molecule has 3 rings (SSSR count). The van der Waals surface area contributed by atoms with E-state index in [0.717, 1.165) is 10.5 Å². The maximum atomic E-state index is 13.4. The second kappa shape index (κ2) is 8.84. The van der Waals surface area contributed by atoms with Crippen LogP contribution in [0, 0.1) is 13.8 Å². The Kier molecular flexibility index (Phi) is 6.49. The highest BCUT2D eigenvalue weighted by atomic mass is 16.5. The molecule has 2 aromatic rings. The zero-order chi connectivity index (χ0) is 24.7. The molecule has 176 valence electrons. The Morgan fingerprint density at radius 2 is 1.70 bits per heavy atom. The first-order chi connectivity index (χ1) is 15.4. The molecule has 0 aliphatic carbocycles. The lowest BCUT2D eigenvalue weighted by molar-refractivity contribution is -0.131. The number of nitrogens with one attached hydrogen (secondary N) is 2. The van der Waals surface area contributed by atoms with E-state index in [4.69, 9.17) is 4.74 Å². The molecule has 1 aromatic heterocycles. The van der Waals surface area contributed by atoms with Crippen molar-refractivity contribution in [2.24, 2.45) is 0 Å². The molecule has 0 bridgehead atoms. The average Bonchev–Trinajstić information content (AvgIpc) is 3.19. The van der Waals surface area contributed by atoms with Crippen LogP contribution in [0.1, 0.15) is 83.8 Å². The Balaban J connectivity index is 1.90. The van der Waals surface area contributed by atoms with Crippen LogP contribution >= 0.6 is 0 Å². The van der Waals surface area contributed by atoms with Crippen molar-refractivity contribution in [2.75, 3.05) is 6.61 Å². The van der Waals surface area contributed by atoms with Gasteiger partial charge in [0, 0.05) is 5.69 Å². The quantitative estimate of drug-likeness (QED) is 0.375. The lowest BCUT2D eigenvalue weighted by atomic mass is 9.89. The molecular formula is C25H31N3O5. The number of hydrogen-bond acceptors (Lipinski definition) is 5. The third kappa shape index (κ3) is 4.05. The predicted octanol–water partition coefficient (Wildman–Crippen LogP) is 3.97. The molecule has 0 spiro atoms.